The quantitative estimate of drug-likeness (QED) is 0.867. The van der Waals surface area contributed by atoms with E-state index in [1.165, 1.54) is 0 Å². The molecule has 0 amide bonds. The van der Waals surface area contributed by atoms with E-state index in [2.05, 4.69) is 26.0 Å². The molecule has 1 aromatic carbocycles. The molecule has 102 valence electrons. The number of hydrogen-bond acceptors (Lipinski definition) is 2. The number of ether oxygens (including phenoxy) is 1. The summed E-state index contributed by atoms with van der Waals surface area (Å²) >= 11 is 3.41. The lowest BCUT2D eigenvalue weighted by molar-refractivity contribution is -0.175. The molecule has 0 radical (unpaired) electrons. The van der Waals surface area contributed by atoms with Crippen LogP contribution in [0, 0.1) is 0 Å². The molecule has 0 fully saturated rings. The van der Waals surface area contributed by atoms with E-state index < -0.39 is 12.8 Å². The predicted molar refractivity (Wildman–Crippen MR) is 67.6 cm³/mol. The number of rotatable bonds is 6. The molecule has 6 heteroatoms. The van der Waals surface area contributed by atoms with E-state index in [0.717, 1.165) is 10.0 Å². The molecule has 0 aromatic heterocycles. The second-order valence-corrected chi connectivity index (χ2v) is 4.77. The Morgan fingerprint density at radius 1 is 1.33 bits per heavy atom. The minimum Gasteiger partial charge on any atom is -0.370 e. The van der Waals surface area contributed by atoms with Gasteiger partial charge in [0.25, 0.3) is 0 Å². The smallest absolute Gasteiger partial charge is 0.370 e. The lowest BCUT2D eigenvalue weighted by Gasteiger charge is -2.17. The number of benzene rings is 1. The Bertz CT molecular complexity index is 371. The Morgan fingerprint density at radius 2 is 2.00 bits per heavy atom. The standard InChI is InChI=1S/C12H15BrF3NO/c1-17-10(7-18-8-12(14,15)16)6-9-4-2-3-5-11(9)13/h2-5,10,17H,6-8H2,1H3. The van der Waals surface area contributed by atoms with Crippen molar-refractivity contribution in [3.8, 4) is 0 Å². The summed E-state index contributed by atoms with van der Waals surface area (Å²) in [6.07, 6.45) is -3.67. The summed E-state index contributed by atoms with van der Waals surface area (Å²) in [7, 11) is 1.71. The fourth-order valence-corrected chi connectivity index (χ4v) is 1.94. The summed E-state index contributed by atoms with van der Waals surface area (Å²) in [6, 6.07) is 7.47. The minimum atomic E-state index is -4.27. The Labute approximate surface area is 113 Å². The molecular formula is C12H15BrF3NO. The van der Waals surface area contributed by atoms with Crippen molar-refractivity contribution in [2.24, 2.45) is 0 Å². The highest BCUT2D eigenvalue weighted by Gasteiger charge is 2.27. The molecule has 1 unspecified atom stereocenters. The summed E-state index contributed by atoms with van der Waals surface area (Å²) in [6.45, 7) is -1.18. The third-order valence-electron chi connectivity index (χ3n) is 2.42. The highest BCUT2D eigenvalue weighted by atomic mass is 79.9. The van der Waals surface area contributed by atoms with Crippen LogP contribution in [0.1, 0.15) is 5.56 Å². The molecule has 0 aliphatic rings. The summed E-state index contributed by atoms with van der Waals surface area (Å²) in [5.41, 5.74) is 1.03. The number of halogens is 4. The minimum absolute atomic E-state index is 0.0251. The average Bonchev–Trinajstić information content (AvgIpc) is 2.29. The van der Waals surface area contributed by atoms with Gasteiger partial charge in [0.05, 0.1) is 6.61 Å². The van der Waals surface area contributed by atoms with Gasteiger partial charge in [-0.25, -0.2) is 0 Å². The monoisotopic (exact) mass is 325 g/mol. The van der Waals surface area contributed by atoms with E-state index in [-0.39, 0.29) is 12.6 Å². The fourth-order valence-electron chi connectivity index (χ4n) is 1.49. The summed E-state index contributed by atoms with van der Waals surface area (Å²) < 4.78 is 41.5. The van der Waals surface area contributed by atoms with E-state index in [0.29, 0.717) is 6.42 Å². The maximum absolute atomic E-state index is 11.9. The van der Waals surface area contributed by atoms with Crippen molar-refractivity contribution >= 4 is 15.9 Å². The zero-order chi connectivity index (χ0) is 13.6. The first-order chi connectivity index (χ1) is 8.42. The van der Waals surface area contributed by atoms with Gasteiger partial charge in [0.15, 0.2) is 0 Å². The Balaban J connectivity index is 2.45. The molecule has 0 spiro atoms. The topological polar surface area (TPSA) is 21.3 Å². The fraction of sp³-hybridized carbons (Fsp3) is 0.500. The van der Waals surface area contributed by atoms with Crippen LogP contribution >= 0.6 is 15.9 Å². The molecule has 1 aromatic rings. The van der Waals surface area contributed by atoms with Gasteiger partial charge >= 0.3 is 6.18 Å². The summed E-state index contributed by atoms with van der Waals surface area (Å²) in [5, 5.41) is 2.95. The predicted octanol–water partition coefficient (Wildman–Crippen LogP) is 3.16. The van der Waals surface area contributed by atoms with Crippen molar-refractivity contribution in [3.05, 3.63) is 34.3 Å². The van der Waals surface area contributed by atoms with Crippen molar-refractivity contribution in [2.45, 2.75) is 18.6 Å². The highest BCUT2D eigenvalue weighted by Crippen LogP contribution is 2.18. The third-order valence-corrected chi connectivity index (χ3v) is 3.19. The normalized spacial score (nSPS) is 13.6. The van der Waals surface area contributed by atoms with Crippen LogP contribution in [0.5, 0.6) is 0 Å². The van der Waals surface area contributed by atoms with Crippen molar-refractivity contribution < 1.29 is 17.9 Å². The largest absolute Gasteiger partial charge is 0.411 e. The lowest BCUT2D eigenvalue weighted by Crippen LogP contribution is -2.34. The average molecular weight is 326 g/mol. The lowest BCUT2D eigenvalue weighted by atomic mass is 10.1. The van der Waals surface area contributed by atoms with Crippen LogP contribution in [0.15, 0.2) is 28.7 Å². The van der Waals surface area contributed by atoms with Gasteiger partial charge in [-0.05, 0) is 25.1 Å². The van der Waals surface area contributed by atoms with E-state index in [9.17, 15) is 13.2 Å². The van der Waals surface area contributed by atoms with Crippen LogP contribution in [-0.2, 0) is 11.2 Å². The number of hydrogen-bond donors (Lipinski definition) is 1. The van der Waals surface area contributed by atoms with Crippen molar-refractivity contribution in [1.82, 2.24) is 5.32 Å². The van der Waals surface area contributed by atoms with Crippen molar-refractivity contribution in [3.63, 3.8) is 0 Å². The Kier molecular flexibility index (Phi) is 6.11. The van der Waals surface area contributed by atoms with Crippen LogP contribution in [0.25, 0.3) is 0 Å². The van der Waals surface area contributed by atoms with Crippen LogP contribution in [-0.4, -0.2) is 32.5 Å². The van der Waals surface area contributed by atoms with Crippen molar-refractivity contribution in [1.29, 1.82) is 0 Å². The molecule has 2 nitrogen and oxygen atoms in total. The molecule has 0 aliphatic carbocycles. The highest BCUT2D eigenvalue weighted by molar-refractivity contribution is 9.10. The van der Waals surface area contributed by atoms with Gasteiger partial charge in [0.2, 0.25) is 0 Å². The molecule has 0 saturated carbocycles. The van der Waals surface area contributed by atoms with Crippen molar-refractivity contribution in [2.75, 3.05) is 20.3 Å². The number of nitrogens with one attached hydrogen (secondary N) is 1. The molecular weight excluding hydrogens is 311 g/mol. The molecule has 18 heavy (non-hydrogen) atoms. The van der Waals surface area contributed by atoms with Gasteiger partial charge in [-0.15, -0.1) is 0 Å². The van der Waals surface area contributed by atoms with Gasteiger partial charge in [-0.3, -0.25) is 0 Å². The van der Waals surface area contributed by atoms with Crippen LogP contribution < -0.4 is 5.32 Å². The van der Waals surface area contributed by atoms with Crippen LogP contribution in [0.2, 0.25) is 0 Å². The molecule has 1 rings (SSSR count). The maximum atomic E-state index is 11.9. The SMILES string of the molecule is CNC(COCC(F)(F)F)Cc1ccccc1Br. The Hall–Kier alpha value is -0.590. The zero-order valence-electron chi connectivity index (χ0n) is 9.93. The maximum Gasteiger partial charge on any atom is 0.411 e. The molecule has 0 heterocycles. The van der Waals surface area contributed by atoms with E-state index in [1.807, 2.05) is 24.3 Å². The molecule has 0 bridgehead atoms. The van der Waals surface area contributed by atoms with Gasteiger partial charge in [0, 0.05) is 10.5 Å². The molecule has 1 atom stereocenters. The van der Waals surface area contributed by atoms with Gasteiger partial charge < -0.3 is 10.1 Å². The summed E-state index contributed by atoms with van der Waals surface area (Å²) in [5.74, 6) is 0. The zero-order valence-corrected chi connectivity index (χ0v) is 11.5. The first kappa shape index (κ1) is 15.5. The third kappa shape index (κ3) is 5.84. The van der Waals surface area contributed by atoms with Crippen LogP contribution in [0.3, 0.4) is 0 Å². The first-order valence-electron chi connectivity index (χ1n) is 5.47. The van der Waals surface area contributed by atoms with E-state index >= 15 is 0 Å². The molecule has 0 saturated heterocycles. The first-order valence-corrected chi connectivity index (χ1v) is 6.27. The van der Waals surface area contributed by atoms with Gasteiger partial charge in [-0.2, -0.15) is 13.2 Å². The van der Waals surface area contributed by atoms with Gasteiger partial charge in [-0.1, -0.05) is 34.1 Å². The molecule has 0 aliphatic heterocycles. The Morgan fingerprint density at radius 3 is 2.56 bits per heavy atom. The number of likely N-dealkylation sites (N-methyl/N-ethyl adjacent to an activating group) is 1. The molecule has 1 N–H and O–H groups in total. The van der Waals surface area contributed by atoms with E-state index in [4.69, 9.17) is 0 Å². The van der Waals surface area contributed by atoms with E-state index in [1.54, 1.807) is 7.05 Å². The second kappa shape index (κ2) is 7.11. The summed E-state index contributed by atoms with van der Waals surface area (Å²) in [4.78, 5) is 0. The van der Waals surface area contributed by atoms with Gasteiger partial charge in [0.1, 0.15) is 6.61 Å². The second-order valence-electron chi connectivity index (χ2n) is 3.91. The van der Waals surface area contributed by atoms with Crippen LogP contribution in [0.4, 0.5) is 13.2 Å². The number of alkyl halides is 3.